The van der Waals surface area contributed by atoms with Gasteiger partial charge in [-0.1, -0.05) is 23.8 Å². The van der Waals surface area contributed by atoms with Gasteiger partial charge < -0.3 is 19.9 Å². The second kappa shape index (κ2) is 10.4. The number of nitrogens with one attached hydrogen (secondary N) is 1. The Bertz CT molecular complexity index is 1040. The molecule has 2 aliphatic heterocycles. The lowest BCUT2D eigenvalue weighted by Crippen LogP contribution is -2.52. The largest absolute Gasteiger partial charge is 0.444 e. The van der Waals surface area contributed by atoms with Crippen molar-refractivity contribution < 1.29 is 19.1 Å². The van der Waals surface area contributed by atoms with Crippen molar-refractivity contribution in [2.45, 2.75) is 71.1 Å². The van der Waals surface area contributed by atoms with E-state index in [9.17, 15) is 14.4 Å². The number of hydrogen-bond acceptors (Lipinski definition) is 5. The fourth-order valence-corrected chi connectivity index (χ4v) is 5.78. The molecule has 3 heterocycles. The SMILES string of the molecule is Cc1ccc(N2C(=O)CCC(C(=O)N3CCC(NC(=O)OC(C)(C)C)CC3)C2c2cccs2)cc1. The van der Waals surface area contributed by atoms with Gasteiger partial charge in [-0.2, -0.15) is 0 Å². The van der Waals surface area contributed by atoms with Crippen LogP contribution in [0.25, 0.3) is 0 Å². The number of hydrogen-bond donors (Lipinski definition) is 1. The molecule has 2 unspecified atom stereocenters. The zero-order valence-electron chi connectivity index (χ0n) is 21.0. The summed E-state index contributed by atoms with van der Waals surface area (Å²) in [7, 11) is 0. The Morgan fingerprint density at radius 3 is 2.34 bits per heavy atom. The van der Waals surface area contributed by atoms with E-state index in [1.54, 1.807) is 11.3 Å². The first-order valence-corrected chi connectivity index (χ1v) is 13.2. The Morgan fingerprint density at radius 2 is 1.74 bits per heavy atom. The molecule has 2 saturated heterocycles. The van der Waals surface area contributed by atoms with Crippen molar-refractivity contribution in [1.29, 1.82) is 0 Å². The molecule has 188 valence electrons. The molecule has 1 N–H and O–H groups in total. The Balaban J connectivity index is 1.48. The number of thiophene rings is 1. The van der Waals surface area contributed by atoms with Gasteiger partial charge in [-0.25, -0.2) is 4.79 Å². The Morgan fingerprint density at radius 1 is 1.06 bits per heavy atom. The van der Waals surface area contributed by atoms with E-state index in [0.717, 1.165) is 16.1 Å². The molecular formula is C27H35N3O4S. The number of carbonyl (C=O) groups excluding carboxylic acids is 3. The van der Waals surface area contributed by atoms with Crippen molar-refractivity contribution >= 4 is 34.9 Å². The van der Waals surface area contributed by atoms with E-state index >= 15 is 0 Å². The van der Waals surface area contributed by atoms with E-state index in [2.05, 4.69) is 5.32 Å². The summed E-state index contributed by atoms with van der Waals surface area (Å²) in [5, 5.41) is 4.93. The number of carbonyl (C=O) groups is 3. The van der Waals surface area contributed by atoms with Gasteiger partial charge in [0.1, 0.15) is 5.60 Å². The van der Waals surface area contributed by atoms with Crippen LogP contribution in [0.4, 0.5) is 10.5 Å². The highest BCUT2D eigenvalue weighted by molar-refractivity contribution is 7.10. The lowest BCUT2D eigenvalue weighted by molar-refractivity contribution is -0.139. The van der Waals surface area contributed by atoms with Gasteiger partial charge >= 0.3 is 6.09 Å². The highest BCUT2D eigenvalue weighted by Gasteiger charge is 2.43. The topological polar surface area (TPSA) is 79.0 Å². The van der Waals surface area contributed by atoms with Gasteiger partial charge in [0.2, 0.25) is 11.8 Å². The summed E-state index contributed by atoms with van der Waals surface area (Å²) in [6.07, 6.45) is 1.84. The minimum absolute atomic E-state index is 0.0148. The average Bonchev–Trinajstić information content (AvgIpc) is 3.33. The summed E-state index contributed by atoms with van der Waals surface area (Å²) < 4.78 is 5.37. The molecule has 3 amide bonds. The van der Waals surface area contributed by atoms with Crippen LogP contribution in [-0.2, 0) is 14.3 Å². The molecular weight excluding hydrogens is 462 g/mol. The van der Waals surface area contributed by atoms with E-state index in [-0.39, 0.29) is 29.8 Å². The Labute approximate surface area is 211 Å². The van der Waals surface area contributed by atoms with Gasteiger partial charge in [0.15, 0.2) is 0 Å². The van der Waals surface area contributed by atoms with Gasteiger partial charge in [-0.05, 0) is 70.5 Å². The Kier molecular flexibility index (Phi) is 7.50. The molecule has 1 aromatic heterocycles. The van der Waals surface area contributed by atoms with Crippen LogP contribution in [0.1, 0.15) is 62.9 Å². The number of amides is 3. The maximum atomic E-state index is 13.8. The van der Waals surface area contributed by atoms with E-state index in [1.807, 2.05) is 79.3 Å². The summed E-state index contributed by atoms with van der Waals surface area (Å²) in [4.78, 5) is 43.8. The average molecular weight is 498 g/mol. The summed E-state index contributed by atoms with van der Waals surface area (Å²) in [6.45, 7) is 8.69. The van der Waals surface area contributed by atoms with E-state index in [1.165, 1.54) is 0 Å². The third-order valence-electron chi connectivity index (χ3n) is 6.59. The van der Waals surface area contributed by atoms with Gasteiger partial charge in [0.05, 0.1) is 12.0 Å². The normalized spacial score (nSPS) is 21.7. The number of anilines is 1. The minimum atomic E-state index is -0.542. The van der Waals surface area contributed by atoms with Crippen molar-refractivity contribution in [3.63, 3.8) is 0 Å². The van der Waals surface area contributed by atoms with Crippen molar-refractivity contribution in [3.05, 3.63) is 52.2 Å². The molecule has 35 heavy (non-hydrogen) atoms. The summed E-state index contributed by atoms with van der Waals surface area (Å²) in [5.41, 5.74) is 1.41. The molecule has 0 aliphatic carbocycles. The number of piperidine rings is 2. The first-order chi connectivity index (χ1) is 16.6. The second-order valence-electron chi connectivity index (χ2n) is 10.5. The zero-order chi connectivity index (χ0) is 25.2. The first-order valence-electron chi connectivity index (χ1n) is 12.3. The molecule has 2 atom stereocenters. The second-order valence-corrected chi connectivity index (χ2v) is 11.4. The molecule has 1 aromatic carbocycles. The third kappa shape index (κ3) is 6.04. The van der Waals surface area contributed by atoms with Crippen LogP contribution in [0, 0.1) is 12.8 Å². The summed E-state index contributed by atoms with van der Waals surface area (Å²) >= 11 is 1.59. The predicted octanol–water partition coefficient (Wildman–Crippen LogP) is 5.06. The highest BCUT2D eigenvalue weighted by Crippen LogP contribution is 2.42. The molecule has 0 radical (unpaired) electrons. The third-order valence-corrected chi connectivity index (χ3v) is 7.53. The molecule has 0 bridgehead atoms. The van der Waals surface area contributed by atoms with Crippen LogP contribution in [0.3, 0.4) is 0 Å². The molecule has 7 nitrogen and oxygen atoms in total. The number of likely N-dealkylation sites (tertiary alicyclic amines) is 1. The summed E-state index contributed by atoms with van der Waals surface area (Å²) in [5.74, 6) is -0.164. The fourth-order valence-electron chi connectivity index (χ4n) is 4.90. The number of ether oxygens (including phenoxy) is 1. The maximum absolute atomic E-state index is 13.8. The fraction of sp³-hybridized carbons (Fsp3) is 0.519. The number of benzene rings is 1. The van der Waals surface area contributed by atoms with E-state index in [0.29, 0.717) is 38.8 Å². The molecule has 0 saturated carbocycles. The lowest BCUT2D eigenvalue weighted by atomic mass is 9.85. The number of aryl methyl sites for hydroxylation is 1. The summed E-state index contributed by atoms with van der Waals surface area (Å²) in [6, 6.07) is 11.6. The lowest BCUT2D eigenvalue weighted by Gasteiger charge is -2.43. The van der Waals surface area contributed by atoms with Gasteiger partial charge in [-0.3, -0.25) is 9.59 Å². The maximum Gasteiger partial charge on any atom is 0.407 e. The standard InChI is InChI=1S/C27H35N3O4S/c1-18-7-9-20(10-8-18)30-23(31)12-11-21(24(30)22-6-5-17-35-22)25(32)29-15-13-19(14-16-29)28-26(33)34-27(2,3)4/h5-10,17,19,21,24H,11-16H2,1-4H3,(H,28,33). The Hall–Kier alpha value is -2.87. The van der Waals surface area contributed by atoms with Crippen LogP contribution in [-0.4, -0.2) is 47.5 Å². The molecule has 2 aromatic rings. The van der Waals surface area contributed by atoms with E-state index in [4.69, 9.17) is 4.74 Å². The quantitative estimate of drug-likeness (QED) is 0.641. The molecule has 8 heteroatoms. The van der Waals surface area contributed by atoms with Gasteiger partial charge in [0.25, 0.3) is 0 Å². The van der Waals surface area contributed by atoms with Crippen LogP contribution < -0.4 is 10.2 Å². The van der Waals surface area contributed by atoms with Crippen molar-refractivity contribution in [2.75, 3.05) is 18.0 Å². The van der Waals surface area contributed by atoms with Crippen LogP contribution in [0.2, 0.25) is 0 Å². The van der Waals surface area contributed by atoms with Crippen molar-refractivity contribution in [2.24, 2.45) is 5.92 Å². The van der Waals surface area contributed by atoms with Crippen LogP contribution >= 0.6 is 11.3 Å². The highest BCUT2D eigenvalue weighted by atomic mass is 32.1. The molecule has 2 aliphatic rings. The number of alkyl carbamates (subject to hydrolysis) is 1. The zero-order valence-corrected chi connectivity index (χ0v) is 21.8. The van der Waals surface area contributed by atoms with Crippen LogP contribution in [0.5, 0.6) is 0 Å². The smallest absolute Gasteiger partial charge is 0.407 e. The molecule has 4 rings (SSSR count). The van der Waals surface area contributed by atoms with Crippen molar-refractivity contribution in [1.82, 2.24) is 10.2 Å². The van der Waals surface area contributed by atoms with Crippen molar-refractivity contribution in [3.8, 4) is 0 Å². The number of nitrogens with zero attached hydrogens (tertiary/aromatic N) is 2. The first kappa shape index (κ1) is 25.2. The number of rotatable bonds is 4. The van der Waals surface area contributed by atoms with E-state index < -0.39 is 11.7 Å². The van der Waals surface area contributed by atoms with Gasteiger partial charge in [0, 0.05) is 36.1 Å². The monoisotopic (exact) mass is 497 g/mol. The van der Waals surface area contributed by atoms with Crippen LogP contribution in [0.15, 0.2) is 41.8 Å². The molecule has 0 spiro atoms. The molecule has 2 fully saturated rings. The van der Waals surface area contributed by atoms with Gasteiger partial charge in [-0.15, -0.1) is 11.3 Å². The predicted molar refractivity (Wildman–Crippen MR) is 137 cm³/mol. The minimum Gasteiger partial charge on any atom is -0.444 e.